The molecule has 2 saturated heterocycles. The van der Waals surface area contributed by atoms with Crippen LogP contribution in [-0.4, -0.2) is 54.8 Å². The van der Waals surface area contributed by atoms with Crippen LogP contribution in [-0.2, 0) is 9.84 Å². The fraction of sp³-hybridized carbons (Fsp3) is 0.737. The summed E-state index contributed by atoms with van der Waals surface area (Å²) in [5, 5.41) is 0. The van der Waals surface area contributed by atoms with Gasteiger partial charge in [0.05, 0.1) is 18.1 Å². The molecule has 140 valence electrons. The van der Waals surface area contributed by atoms with E-state index in [4.69, 9.17) is 0 Å². The maximum Gasteiger partial charge on any atom is 0.178 e. The molecule has 2 aliphatic heterocycles. The summed E-state index contributed by atoms with van der Waals surface area (Å²) >= 11 is 0. The molecule has 6 heteroatoms. The van der Waals surface area contributed by atoms with Crippen LogP contribution in [0.2, 0.25) is 0 Å². The maximum atomic E-state index is 12.9. The van der Waals surface area contributed by atoms with Gasteiger partial charge in [0.15, 0.2) is 15.6 Å². The first-order valence-electron chi connectivity index (χ1n) is 9.52. The van der Waals surface area contributed by atoms with Crippen LogP contribution in [0.3, 0.4) is 0 Å². The van der Waals surface area contributed by atoms with Gasteiger partial charge < -0.3 is 4.57 Å². The van der Waals surface area contributed by atoms with Crippen molar-refractivity contribution in [2.24, 2.45) is 0 Å². The van der Waals surface area contributed by atoms with Gasteiger partial charge in [0.1, 0.15) is 0 Å². The molecule has 1 aromatic heterocycles. The molecule has 0 aliphatic carbocycles. The summed E-state index contributed by atoms with van der Waals surface area (Å²) in [6.45, 7) is 6.42. The average Bonchev–Trinajstić information content (AvgIpc) is 3.00. The molecule has 0 saturated carbocycles. The maximum absolute atomic E-state index is 12.9. The van der Waals surface area contributed by atoms with Crippen molar-refractivity contribution in [3.63, 3.8) is 0 Å². The second kappa shape index (κ2) is 7.62. The van der Waals surface area contributed by atoms with Gasteiger partial charge in [-0.2, -0.15) is 0 Å². The van der Waals surface area contributed by atoms with E-state index in [1.165, 1.54) is 32.1 Å². The molecule has 3 rings (SSSR count). The fourth-order valence-corrected chi connectivity index (χ4v) is 6.06. The van der Waals surface area contributed by atoms with Crippen molar-refractivity contribution in [3.05, 3.63) is 23.0 Å². The lowest BCUT2D eigenvalue weighted by atomic mass is 10.1. The summed E-state index contributed by atoms with van der Waals surface area (Å²) in [5.41, 5.74) is 2.69. The minimum atomic E-state index is -2.93. The molecule has 2 aliphatic rings. The normalized spacial score (nSPS) is 24.8. The number of nitrogens with zero attached hydrogens (tertiary/aromatic N) is 2. The third kappa shape index (κ3) is 4.34. The predicted molar refractivity (Wildman–Crippen MR) is 100 cm³/mol. The topological polar surface area (TPSA) is 59.4 Å². The Morgan fingerprint density at radius 1 is 1.12 bits per heavy atom. The Kier molecular flexibility index (Phi) is 5.68. The molecule has 3 heterocycles. The van der Waals surface area contributed by atoms with Crippen molar-refractivity contribution in [2.75, 3.05) is 31.1 Å². The van der Waals surface area contributed by atoms with Gasteiger partial charge in [-0.3, -0.25) is 9.69 Å². The van der Waals surface area contributed by atoms with Crippen molar-refractivity contribution in [1.82, 2.24) is 9.47 Å². The molecule has 25 heavy (non-hydrogen) atoms. The van der Waals surface area contributed by atoms with E-state index in [1.54, 1.807) is 0 Å². The summed E-state index contributed by atoms with van der Waals surface area (Å²) < 4.78 is 25.7. The first-order valence-corrected chi connectivity index (χ1v) is 11.3. The Morgan fingerprint density at radius 3 is 2.36 bits per heavy atom. The Balaban J connectivity index is 1.74. The SMILES string of the molecule is Cc1cc(C(=O)CN2CCCCCCC2)c(C)n1[C@@H]1CCS(=O)(=O)C1. The van der Waals surface area contributed by atoms with Crippen molar-refractivity contribution in [2.45, 2.75) is 58.4 Å². The fourth-order valence-electron chi connectivity index (χ4n) is 4.36. The number of likely N-dealkylation sites (tertiary alicyclic amines) is 1. The van der Waals surface area contributed by atoms with Crippen LogP contribution in [0.4, 0.5) is 0 Å². The molecule has 0 N–H and O–H groups in total. The first kappa shape index (κ1) is 18.6. The first-order chi connectivity index (χ1) is 11.9. The number of aryl methyl sites for hydroxylation is 1. The molecule has 1 aromatic rings. The van der Waals surface area contributed by atoms with Crippen LogP contribution in [0.25, 0.3) is 0 Å². The standard InChI is InChI=1S/C19H30N2O3S/c1-15-12-18(16(2)21(15)17-8-11-25(23,24)14-17)19(22)13-20-9-6-4-3-5-7-10-20/h12,17H,3-11,13-14H2,1-2H3/t17-/m1/s1. The van der Waals surface area contributed by atoms with Crippen LogP contribution < -0.4 is 0 Å². The van der Waals surface area contributed by atoms with Crippen molar-refractivity contribution in [3.8, 4) is 0 Å². The molecule has 1 atom stereocenters. The summed E-state index contributed by atoms with van der Waals surface area (Å²) in [6.07, 6.45) is 6.83. The van der Waals surface area contributed by atoms with E-state index < -0.39 is 9.84 Å². The van der Waals surface area contributed by atoms with E-state index in [9.17, 15) is 13.2 Å². The van der Waals surface area contributed by atoms with E-state index in [0.29, 0.717) is 13.0 Å². The van der Waals surface area contributed by atoms with Crippen molar-refractivity contribution >= 4 is 15.6 Å². The monoisotopic (exact) mass is 366 g/mol. The molecule has 5 nitrogen and oxygen atoms in total. The summed E-state index contributed by atoms with van der Waals surface area (Å²) in [4.78, 5) is 15.2. The van der Waals surface area contributed by atoms with Crippen molar-refractivity contribution < 1.29 is 13.2 Å². The van der Waals surface area contributed by atoms with E-state index in [-0.39, 0.29) is 23.3 Å². The number of ketones is 1. The Bertz CT molecular complexity index is 728. The number of hydrogen-bond acceptors (Lipinski definition) is 4. The van der Waals surface area contributed by atoms with Gasteiger partial charge in [-0.15, -0.1) is 0 Å². The largest absolute Gasteiger partial charge is 0.344 e. The number of carbonyl (C=O) groups excluding carboxylic acids is 1. The summed E-state index contributed by atoms with van der Waals surface area (Å²) in [5.74, 6) is 0.621. The van der Waals surface area contributed by atoms with Gasteiger partial charge in [-0.05, 0) is 52.3 Å². The van der Waals surface area contributed by atoms with Crippen LogP contribution in [0, 0.1) is 13.8 Å². The molecule has 2 fully saturated rings. The van der Waals surface area contributed by atoms with Gasteiger partial charge in [0, 0.05) is 23.0 Å². The molecule has 0 amide bonds. The number of Topliss-reactive ketones (excluding diaryl/α,β-unsaturated/α-hetero) is 1. The van der Waals surface area contributed by atoms with Gasteiger partial charge in [-0.25, -0.2) is 8.42 Å². The van der Waals surface area contributed by atoms with Gasteiger partial charge in [0.25, 0.3) is 0 Å². The third-order valence-corrected chi connectivity index (χ3v) is 7.42. The highest BCUT2D eigenvalue weighted by Gasteiger charge is 2.31. The Morgan fingerprint density at radius 2 is 1.76 bits per heavy atom. The molecule has 0 radical (unpaired) electrons. The molecule has 0 bridgehead atoms. The molecule has 0 unspecified atom stereocenters. The lowest BCUT2D eigenvalue weighted by Gasteiger charge is -2.23. The third-order valence-electron chi connectivity index (χ3n) is 5.67. The highest BCUT2D eigenvalue weighted by molar-refractivity contribution is 7.91. The van der Waals surface area contributed by atoms with Crippen LogP contribution in [0.15, 0.2) is 6.07 Å². The van der Waals surface area contributed by atoms with Crippen LogP contribution in [0.1, 0.15) is 66.3 Å². The van der Waals surface area contributed by atoms with Crippen molar-refractivity contribution in [1.29, 1.82) is 0 Å². The zero-order chi connectivity index (χ0) is 18.0. The van der Waals surface area contributed by atoms with Gasteiger partial charge in [0.2, 0.25) is 0 Å². The summed E-state index contributed by atoms with van der Waals surface area (Å²) in [6, 6.07) is 1.93. The number of hydrogen-bond donors (Lipinski definition) is 0. The average molecular weight is 367 g/mol. The predicted octanol–water partition coefficient (Wildman–Crippen LogP) is 2.91. The minimum absolute atomic E-state index is 0.0201. The highest BCUT2D eigenvalue weighted by atomic mass is 32.2. The van der Waals surface area contributed by atoms with Crippen LogP contribution >= 0.6 is 0 Å². The second-order valence-corrected chi connectivity index (χ2v) is 9.91. The minimum Gasteiger partial charge on any atom is -0.344 e. The zero-order valence-electron chi connectivity index (χ0n) is 15.5. The molecular weight excluding hydrogens is 336 g/mol. The lowest BCUT2D eigenvalue weighted by Crippen LogP contribution is -2.32. The summed E-state index contributed by atoms with van der Waals surface area (Å²) in [7, 11) is -2.93. The second-order valence-electron chi connectivity index (χ2n) is 7.68. The quantitative estimate of drug-likeness (QED) is 0.769. The van der Waals surface area contributed by atoms with Gasteiger partial charge in [-0.1, -0.05) is 19.3 Å². The highest BCUT2D eigenvalue weighted by Crippen LogP contribution is 2.29. The van der Waals surface area contributed by atoms with E-state index in [0.717, 1.165) is 30.0 Å². The molecular formula is C19H30N2O3S. The smallest absolute Gasteiger partial charge is 0.178 e. The number of carbonyl (C=O) groups is 1. The molecule has 0 spiro atoms. The van der Waals surface area contributed by atoms with E-state index in [2.05, 4.69) is 9.47 Å². The van der Waals surface area contributed by atoms with Crippen LogP contribution in [0.5, 0.6) is 0 Å². The lowest BCUT2D eigenvalue weighted by molar-refractivity contribution is 0.0923. The zero-order valence-corrected chi connectivity index (χ0v) is 16.3. The molecule has 0 aromatic carbocycles. The number of rotatable bonds is 4. The number of aromatic nitrogens is 1. The van der Waals surface area contributed by atoms with Gasteiger partial charge >= 0.3 is 0 Å². The number of sulfone groups is 1. The Labute approximate surface area is 151 Å². The van der Waals surface area contributed by atoms with E-state index in [1.807, 2.05) is 19.9 Å². The van der Waals surface area contributed by atoms with E-state index >= 15 is 0 Å². The Hall–Kier alpha value is -1.14.